The maximum atomic E-state index is 13.1. The summed E-state index contributed by atoms with van der Waals surface area (Å²) in [4.78, 5) is 36.8. The Morgan fingerprint density at radius 2 is 1.28 bits per heavy atom. The largest absolute Gasteiger partial charge is 0.478 e. The topological polar surface area (TPSA) is 89.9 Å². The summed E-state index contributed by atoms with van der Waals surface area (Å²) in [6.07, 6.45) is 0.745. The lowest BCUT2D eigenvalue weighted by Gasteiger charge is -2.43. The first-order chi connectivity index (χ1) is 18.3. The summed E-state index contributed by atoms with van der Waals surface area (Å²) in [7, 11) is 0. The van der Waals surface area contributed by atoms with Gasteiger partial charge in [-0.1, -0.05) is 71.9 Å². The molecule has 4 atom stereocenters. The van der Waals surface area contributed by atoms with Crippen LogP contribution in [0.5, 0.6) is 0 Å². The minimum absolute atomic E-state index is 0.0155. The lowest BCUT2D eigenvalue weighted by atomic mass is 9.73. The number of alkyl halides is 1. The van der Waals surface area contributed by atoms with Crippen molar-refractivity contribution in [2.75, 3.05) is 0 Å². The molecule has 0 aromatic heterocycles. The van der Waals surface area contributed by atoms with Gasteiger partial charge in [-0.05, 0) is 61.4 Å². The first kappa shape index (κ1) is 31.6. The van der Waals surface area contributed by atoms with E-state index in [1.165, 1.54) is 48.6 Å². The summed E-state index contributed by atoms with van der Waals surface area (Å²) in [5, 5.41) is 11.0. The van der Waals surface area contributed by atoms with E-state index < -0.39 is 40.9 Å². The number of carboxylic acid groups (broad SMARTS) is 1. The molecule has 1 aliphatic rings. The minimum atomic E-state index is -1.72. The van der Waals surface area contributed by atoms with Gasteiger partial charge in [0.05, 0.1) is 17.0 Å². The molecule has 0 heterocycles. The van der Waals surface area contributed by atoms with Crippen LogP contribution < -0.4 is 0 Å². The van der Waals surface area contributed by atoms with Crippen LogP contribution in [0.4, 0.5) is 0 Å². The molecule has 0 spiro atoms. The lowest BCUT2D eigenvalue weighted by Crippen LogP contribution is -2.52. The van der Waals surface area contributed by atoms with Gasteiger partial charge in [0.25, 0.3) is 0 Å². The maximum absolute atomic E-state index is 13.1. The van der Waals surface area contributed by atoms with Crippen LogP contribution in [-0.4, -0.2) is 40.1 Å². The van der Waals surface area contributed by atoms with E-state index in [0.29, 0.717) is 0 Å². The van der Waals surface area contributed by atoms with E-state index in [2.05, 4.69) is 0 Å². The number of allylic oxidation sites excluding steroid dienone is 2. The lowest BCUT2D eigenvalue weighted by molar-refractivity contribution is -0.134. The highest BCUT2D eigenvalue weighted by Gasteiger charge is 2.53. The molecular formula is C27H22Cl6O6. The number of benzene rings is 2. The molecule has 39 heavy (non-hydrogen) atoms. The van der Waals surface area contributed by atoms with Crippen LogP contribution in [-0.2, 0) is 14.3 Å². The van der Waals surface area contributed by atoms with Gasteiger partial charge in [0, 0.05) is 30.7 Å². The van der Waals surface area contributed by atoms with Crippen LogP contribution in [0.15, 0.2) is 59.2 Å². The molecule has 208 valence electrons. The number of ether oxygens (including phenoxy) is 2. The van der Waals surface area contributed by atoms with Gasteiger partial charge in [0.2, 0.25) is 0 Å². The third kappa shape index (κ3) is 7.43. The molecule has 1 N–H and O–H groups in total. The average molecular weight is 655 g/mol. The number of aliphatic carboxylic acids is 1. The van der Waals surface area contributed by atoms with Crippen LogP contribution in [0.25, 0.3) is 0 Å². The Labute approximate surface area is 255 Å². The van der Waals surface area contributed by atoms with Crippen molar-refractivity contribution in [3.05, 3.63) is 90.4 Å². The smallest absolute Gasteiger partial charge is 0.338 e. The van der Waals surface area contributed by atoms with E-state index >= 15 is 0 Å². The highest BCUT2D eigenvalue weighted by Crippen LogP contribution is 2.47. The Balaban J connectivity index is 2.03. The fourth-order valence-electron chi connectivity index (χ4n) is 4.41. The number of carbonyl (C=O) groups excluding carboxylic acids is 2. The fourth-order valence-corrected chi connectivity index (χ4v) is 6.39. The number of carbonyl (C=O) groups is 3. The molecular weight excluding hydrogens is 633 g/mol. The van der Waals surface area contributed by atoms with E-state index in [1.54, 1.807) is 13.8 Å². The number of hydrogen-bond donors (Lipinski definition) is 1. The summed E-state index contributed by atoms with van der Waals surface area (Å²) in [5.41, 5.74) is -0.0896. The number of hydrogen-bond acceptors (Lipinski definition) is 5. The maximum Gasteiger partial charge on any atom is 0.338 e. The fraction of sp³-hybridized carbons (Fsp3) is 0.296. The van der Waals surface area contributed by atoms with E-state index in [4.69, 9.17) is 79.1 Å². The molecule has 6 nitrogen and oxygen atoms in total. The predicted molar refractivity (Wildman–Crippen MR) is 154 cm³/mol. The zero-order chi connectivity index (χ0) is 29.1. The van der Waals surface area contributed by atoms with Crippen LogP contribution >= 0.6 is 69.6 Å². The Hall–Kier alpha value is -1.93. The first-order valence-corrected chi connectivity index (χ1v) is 13.9. The summed E-state index contributed by atoms with van der Waals surface area (Å²) in [6, 6.07) is 8.40. The quantitative estimate of drug-likeness (QED) is 0.215. The Kier molecular flexibility index (Phi) is 10.7. The van der Waals surface area contributed by atoms with Gasteiger partial charge in [-0.2, -0.15) is 0 Å². The molecule has 0 bridgehead atoms. The molecule has 0 amide bonds. The molecule has 2 aromatic rings. The molecule has 0 aliphatic heterocycles. The molecule has 1 aliphatic carbocycles. The third-order valence-electron chi connectivity index (χ3n) is 6.05. The van der Waals surface area contributed by atoms with Crippen molar-refractivity contribution in [3.63, 3.8) is 0 Å². The summed E-state index contributed by atoms with van der Waals surface area (Å²) < 4.78 is 11.5. The van der Waals surface area contributed by atoms with Crippen molar-refractivity contribution in [1.29, 1.82) is 0 Å². The Bertz CT molecular complexity index is 1320. The second kappa shape index (κ2) is 13.2. The zero-order valence-corrected chi connectivity index (χ0v) is 25.1. The predicted octanol–water partition coefficient (Wildman–Crippen LogP) is 8.61. The summed E-state index contributed by atoms with van der Waals surface area (Å²) in [6.45, 7) is 3.39. The summed E-state index contributed by atoms with van der Waals surface area (Å²) >= 11 is 37.6. The normalized spacial score (nSPS) is 20.4. The highest BCUT2D eigenvalue weighted by molar-refractivity contribution is 6.36. The van der Waals surface area contributed by atoms with Crippen LogP contribution in [0.3, 0.4) is 0 Å². The van der Waals surface area contributed by atoms with E-state index in [-0.39, 0.29) is 54.7 Å². The number of esters is 2. The van der Waals surface area contributed by atoms with Crippen molar-refractivity contribution in [1.82, 2.24) is 0 Å². The Morgan fingerprint density at radius 3 is 1.69 bits per heavy atom. The van der Waals surface area contributed by atoms with E-state index in [0.717, 1.165) is 0 Å². The summed E-state index contributed by atoms with van der Waals surface area (Å²) in [5.74, 6) is -4.10. The van der Waals surface area contributed by atoms with Gasteiger partial charge in [-0.3, -0.25) is 0 Å². The van der Waals surface area contributed by atoms with Gasteiger partial charge in [-0.25, -0.2) is 14.4 Å². The number of rotatable bonds is 9. The standard InChI is InChI=1S/C27H22Cl6O6/c1-3-21(38-25(36)13-5-15(28)9-16(29)6-13)23-20(24(34)35)11-19(32)12-27(23,33)22(4-2)39-26(37)14-7-17(30)10-18(31)8-14/h5-12,21-23H,3-4H2,1-2H3,(H,34,35). The van der Waals surface area contributed by atoms with Gasteiger partial charge in [0.1, 0.15) is 17.1 Å². The van der Waals surface area contributed by atoms with Crippen LogP contribution in [0.1, 0.15) is 47.4 Å². The van der Waals surface area contributed by atoms with Gasteiger partial charge >= 0.3 is 17.9 Å². The van der Waals surface area contributed by atoms with Gasteiger partial charge in [0.15, 0.2) is 0 Å². The van der Waals surface area contributed by atoms with Crippen molar-refractivity contribution < 1.29 is 29.0 Å². The van der Waals surface area contributed by atoms with Gasteiger partial charge < -0.3 is 14.6 Å². The van der Waals surface area contributed by atoms with E-state index in [9.17, 15) is 19.5 Å². The second-order valence-corrected chi connectivity index (χ2v) is 11.5. The van der Waals surface area contributed by atoms with E-state index in [1.807, 2.05) is 0 Å². The molecule has 4 unspecified atom stereocenters. The molecule has 3 rings (SSSR count). The zero-order valence-electron chi connectivity index (χ0n) is 20.5. The second-order valence-electron chi connectivity index (χ2n) is 8.71. The molecule has 0 saturated heterocycles. The van der Waals surface area contributed by atoms with Crippen LogP contribution in [0.2, 0.25) is 20.1 Å². The SMILES string of the molecule is CCC(OC(=O)c1cc(Cl)cc(Cl)c1)C1C(C(=O)O)=CC(Cl)=CC1(Cl)C(CC)OC(=O)c1cc(Cl)cc(Cl)c1. The third-order valence-corrected chi connectivity index (χ3v) is 7.73. The molecule has 0 fully saturated rings. The average Bonchev–Trinajstić information content (AvgIpc) is 2.84. The van der Waals surface area contributed by atoms with Crippen molar-refractivity contribution in [2.45, 2.75) is 43.8 Å². The Morgan fingerprint density at radius 1 is 0.821 bits per heavy atom. The van der Waals surface area contributed by atoms with Crippen molar-refractivity contribution in [2.24, 2.45) is 5.92 Å². The number of carboxylic acids is 1. The van der Waals surface area contributed by atoms with Crippen molar-refractivity contribution >= 4 is 87.5 Å². The first-order valence-electron chi connectivity index (χ1n) is 11.6. The molecule has 2 aromatic carbocycles. The monoisotopic (exact) mass is 652 g/mol. The van der Waals surface area contributed by atoms with Crippen LogP contribution in [0, 0.1) is 5.92 Å². The highest BCUT2D eigenvalue weighted by atomic mass is 35.5. The molecule has 0 radical (unpaired) electrons. The molecule has 12 heteroatoms. The number of halogens is 6. The van der Waals surface area contributed by atoms with Gasteiger partial charge in [-0.15, -0.1) is 11.6 Å². The van der Waals surface area contributed by atoms with Crippen molar-refractivity contribution in [3.8, 4) is 0 Å². The minimum Gasteiger partial charge on any atom is -0.478 e. The molecule has 0 saturated carbocycles.